The minimum atomic E-state index is -0.424. The van der Waals surface area contributed by atoms with E-state index in [2.05, 4.69) is 5.43 Å². The zero-order valence-corrected chi connectivity index (χ0v) is 7.28. The van der Waals surface area contributed by atoms with Crippen LogP contribution in [0, 0.1) is 0 Å². The maximum Gasteiger partial charge on any atom is 0.228 e. The van der Waals surface area contributed by atoms with Gasteiger partial charge in [0.15, 0.2) is 6.29 Å². The molecule has 0 amide bonds. The van der Waals surface area contributed by atoms with Crippen LogP contribution in [0.5, 0.6) is 0 Å². The molecule has 12 heavy (non-hydrogen) atoms. The van der Waals surface area contributed by atoms with Gasteiger partial charge in [-0.3, -0.25) is 14.5 Å². The van der Waals surface area contributed by atoms with Crippen LogP contribution in [0.4, 0.5) is 0 Å². The number of nitrogens with one attached hydrogen (secondary N) is 1. The Hall–Kier alpha value is -0.780. The summed E-state index contributed by atoms with van der Waals surface area (Å²) >= 11 is 0. The Kier molecular flexibility index (Phi) is 2.91. The molecule has 1 N–H and O–H groups in total. The first kappa shape index (κ1) is 9.31. The highest BCUT2D eigenvalue weighted by Gasteiger charge is 2.33. The summed E-state index contributed by atoms with van der Waals surface area (Å²) in [5, 5.41) is 1.65. The van der Waals surface area contributed by atoms with Crippen LogP contribution >= 0.6 is 0 Å². The molecule has 0 aromatic rings. The molecule has 1 aliphatic rings. The number of Topliss-reactive ketones (excluding diaryl/α,β-unsaturated/α-hetero) is 1. The number of hydrogen-bond donors (Lipinski definition) is 1. The van der Waals surface area contributed by atoms with Gasteiger partial charge in [0.25, 0.3) is 0 Å². The molecular weight excluding hydrogens is 158 g/mol. The lowest BCUT2D eigenvalue weighted by atomic mass is 10.3. The second-order valence-electron chi connectivity index (χ2n) is 2.73. The van der Waals surface area contributed by atoms with Crippen LogP contribution in [-0.4, -0.2) is 48.4 Å². The second-order valence-corrected chi connectivity index (χ2v) is 2.73. The van der Waals surface area contributed by atoms with E-state index in [0.29, 0.717) is 13.0 Å². The SMILES string of the molecule is CCN1CNN(C)C1C(=O)C=O. The molecule has 5 heteroatoms. The van der Waals surface area contributed by atoms with Crippen molar-refractivity contribution < 1.29 is 9.59 Å². The Labute approximate surface area is 71.3 Å². The van der Waals surface area contributed by atoms with Gasteiger partial charge < -0.3 is 0 Å². The first-order valence-electron chi connectivity index (χ1n) is 3.90. The molecule has 0 bridgehead atoms. The summed E-state index contributed by atoms with van der Waals surface area (Å²) in [6.45, 7) is 3.32. The fourth-order valence-electron chi connectivity index (χ4n) is 1.34. The van der Waals surface area contributed by atoms with Crippen molar-refractivity contribution in [2.45, 2.75) is 13.1 Å². The topological polar surface area (TPSA) is 52.6 Å². The van der Waals surface area contributed by atoms with Gasteiger partial charge in [-0.1, -0.05) is 6.92 Å². The third-order valence-electron chi connectivity index (χ3n) is 2.01. The van der Waals surface area contributed by atoms with Gasteiger partial charge in [0.2, 0.25) is 5.78 Å². The molecule has 1 fully saturated rings. The van der Waals surface area contributed by atoms with Gasteiger partial charge in [-0.25, -0.2) is 10.4 Å². The van der Waals surface area contributed by atoms with Crippen molar-refractivity contribution >= 4 is 12.1 Å². The first-order valence-corrected chi connectivity index (χ1v) is 3.90. The average Bonchev–Trinajstić information content (AvgIpc) is 2.45. The molecular formula is C7H13N3O2. The van der Waals surface area contributed by atoms with Gasteiger partial charge in [-0.05, 0) is 6.54 Å². The molecule has 1 aliphatic heterocycles. The van der Waals surface area contributed by atoms with Gasteiger partial charge in [0.05, 0.1) is 6.67 Å². The van der Waals surface area contributed by atoms with Crippen LogP contribution in [0.3, 0.4) is 0 Å². The molecule has 68 valence electrons. The monoisotopic (exact) mass is 171 g/mol. The lowest BCUT2D eigenvalue weighted by molar-refractivity contribution is -0.135. The molecule has 0 aromatic carbocycles. The lowest BCUT2D eigenvalue weighted by Crippen LogP contribution is -2.45. The highest BCUT2D eigenvalue weighted by Crippen LogP contribution is 2.07. The number of aldehydes is 1. The average molecular weight is 171 g/mol. The van der Waals surface area contributed by atoms with E-state index in [-0.39, 0.29) is 0 Å². The van der Waals surface area contributed by atoms with E-state index < -0.39 is 11.9 Å². The standard InChI is InChI=1S/C7H13N3O2/c1-3-10-5-8-9(2)7(10)6(12)4-11/h4,7-8H,3,5H2,1-2H3. The molecule has 0 saturated carbocycles. The Morgan fingerprint density at radius 2 is 2.42 bits per heavy atom. The predicted molar refractivity (Wildman–Crippen MR) is 43.0 cm³/mol. The van der Waals surface area contributed by atoms with E-state index in [9.17, 15) is 9.59 Å². The maximum atomic E-state index is 11.1. The summed E-state index contributed by atoms with van der Waals surface area (Å²) in [5.74, 6) is -0.399. The Bertz CT molecular complexity index is 195. The van der Waals surface area contributed by atoms with Gasteiger partial charge in [-0.2, -0.15) is 0 Å². The zero-order valence-electron chi connectivity index (χ0n) is 7.28. The Morgan fingerprint density at radius 3 is 2.92 bits per heavy atom. The number of hydrazine groups is 1. The third-order valence-corrected chi connectivity index (χ3v) is 2.01. The third kappa shape index (κ3) is 1.52. The summed E-state index contributed by atoms with van der Waals surface area (Å²) in [7, 11) is 1.75. The van der Waals surface area contributed by atoms with Gasteiger partial charge in [0.1, 0.15) is 6.17 Å². The van der Waals surface area contributed by atoms with E-state index in [4.69, 9.17) is 0 Å². The van der Waals surface area contributed by atoms with Crippen molar-refractivity contribution in [3.05, 3.63) is 0 Å². The zero-order chi connectivity index (χ0) is 9.14. The van der Waals surface area contributed by atoms with E-state index >= 15 is 0 Å². The molecule has 0 spiro atoms. The Balaban J connectivity index is 2.69. The summed E-state index contributed by atoms with van der Waals surface area (Å²) < 4.78 is 0. The highest BCUT2D eigenvalue weighted by molar-refractivity contribution is 6.27. The Morgan fingerprint density at radius 1 is 1.75 bits per heavy atom. The summed E-state index contributed by atoms with van der Waals surface area (Å²) in [4.78, 5) is 23.3. The van der Waals surface area contributed by atoms with Crippen molar-refractivity contribution in [2.75, 3.05) is 20.3 Å². The van der Waals surface area contributed by atoms with Gasteiger partial charge in [0, 0.05) is 7.05 Å². The van der Waals surface area contributed by atoms with Crippen molar-refractivity contribution in [3.8, 4) is 0 Å². The quantitative estimate of drug-likeness (QED) is 0.427. The van der Waals surface area contributed by atoms with Gasteiger partial charge >= 0.3 is 0 Å². The number of ketones is 1. The van der Waals surface area contributed by atoms with Crippen molar-refractivity contribution in [3.63, 3.8) is 0 Å². The highest BCUT2D eigenvalue weighted by atomic mass is 16.2. The van der Waals surface area contributed by atoms with Crippen LogP contribution in [0.15, 0.2) is 0 Å². The van der Waals surface area contributed by atoms with Crippen LogP contribution in [0.25, 0.3) is 0 Å². The normalized spacial score (nSPS) is 26.0. The number of carbonyl (C=O) groups is 2. The molecule has 1 atom stereocenters. The predicted octanol–water partition coefficient (Wildman–Crippen LogP) is -1.19. The van der Waals surface area contributed by atoms with E-state index in [1.807, 2.05) is 11.8 Å². The van der Waals surface area contributed by atoms with Crippen LogP contribution < -0.4 is 5.43 Å². The van der Waals surface area contributed by atoms with E-state index in [1.54, 1.807) is 12.1 Å². The van der Waals surface area contributed by atoms with E-state index in [1.165, 1.54) is 0 Å². The molecule has 0 radical (unpaired) electrons. The fourth-order valence-corrected chi connectivity index (χ4v) is 1.34. The van der Waals surface area contributed by atoms with Crippen molar-refractivity contribution in [1.29, 1.82) is 0 Å². The van der Waals surface area contributed by atoms with Crippen LogP contribution in [-0.2, 0) is 9.59 Å². The molecule has 1 rings (SSSR count). The number of carbonyl (C=O) groups excluding carboxylic acids is 2. The summed E-state index contributed by atoms with van der Waals surface area (Å²) in [5.41, 5.74) is 2.97. The van der Waals surface area contributed by atoms with Gasteiger partial charge in [-0.15, -0.1) is 0 Å². The molecule has 5 nitrogen and oxygen atoms in total. The van der Waals surface area contributed by atoms with Crippen LogP contribution in [0.2, 0.25) is 0 Å². The number of hydrogen-bond acceptors (Lipinski definition) is 5. The second kappa shape index (κ2) is 3.75. The number of nitrogens with zero attached hydrogens (tertiary/aromatic N) is 2. The molecule has 1 saturated heterocycles. The molecule has 0 aliphatic carbocycles. The molecule has 1 heterocycles. The van der Waals surface area contributed by atoms with Crippen LogP contribution in [0.1, 0.15) is 6.92 Å². The first-order chi connectivity index (χ1) is 5.70. The number of likely N-dealkylation sites (N-methyl/N-ethyl adjacent to an activating group) is 2. The summed E-state index contributed by atoms with van der Waals surface area (Å²) in [6, 6.07) is 0. The largest absolute Gasteiger partial charge is 0.294 e. The van der Waals surface area contributed by atoms with Crippen molar-refractivity contribution in [2.24, 2.45) is 0 Å². The van der Waals surface area contributed by atoms with Crippen molar-refractivity contribution in [1.82, 2.24) is 15.3 Å². The fraction of sp³-hybridized carbons (Fsp3) is 0.714. The smallest absolute Gasteiger partial charge is 0.228 e. The summed E-state index contributed by atoms with van der Waals surface area (Å²) in [6.07, 6.45) is -0.0518. The molecule has 0 aromatic heterocycles. The minimum absolute atomic E-state index is 0.372. The molecule has 1 unspecified atom stereocenters. The maximum absolute atomic E-state index is 11.1. The minimum Gasteiger partial charge on any atom is -0.294 e. The van der Waals surface area contributed by atoms with E-state index in [0.717, 1.165) is 6.54 Å². The lowest BCUT2D eigenvalue weighted by Gasteiger charge is -2.21. The number of rotatable bonds is 3.